The van der Waals surface area contributed by atoms with E-state index in [0.717, 1.165) is 29.2 Å². The van der Waals surface area contributed by atoms with Crippen molar-refractivity contribution >= 4 is 17.1 Å². The second-order valence-corrected chi connectivity index (χ2v) is 10.2. The minimum absolute atomic E-state index is 0.105. The van der Waals surface area contributed by atoms with Crippen LogP contribution in [0.1, 0.15) is 38.8 Å². The fourth-order valence-electron chi connectivity index (χ4n) is 4.28. The lowest BCUT2D eigenvalue weighted by molar-refractivity contribution is -0.125. The van der Waals surface area contributed by atoms with Gasteiger partial charge in [-0.3, -0.25) is 9.69 Å². The molecule has 0 bridgehead atoms. The molecule has 0 aliphatic carbocycles. The highest BCUT2D eigenvalue weighted by Crippen LogP contribution is 2.30. The molecule has 0 spiro atoms. The third-order valence-corrected chi connectivity index (χ3v) is 7.09. The Kier molecular flexibility index (Phi) is 9.02. The summed E-state index contributed by atoms with van der Waals surface area (Å²) < 4.78 is 23.2. The minimum atomic E-state index is -1.46. The molecule has 7 nitrogen and oxygen atoms in total. The highest BCUT2D eigenvalue weighted by Gasteiger charge is 2.35. The molecule has 1 amide bonds. The Morgan fingerprint density at radius 3 is 2.42 bits per heavy atom. The maximum Gasteiger partial charge on any atom is 0.238 e. The van der Waals surface area contributed by atoms with Crippen LogP contribution in [0, 0.1) is 0 Å². The molecule has 1 aliphatic heterocycles. The number of fused-ring (bicyclic) bond motifs is 1. The molecule has 2 atom stereocenters. The van der Waals surface area contributed by atoms with Crippen molar-refractivity contribution in [2.75, 3.05) is 20.1 Å². The first kappa shape index (κ1) is 25.4. The van der Waals surface area contributed by atoms with Gasteiger partial charge in [-0.2, -0.15) is 4.31 Å². The summed E-state index contributed by atoms with van der Waals surface area (Å²) in [4.78, 5) is 15.5. The molecule has 2 unspecified atom stereocenters. The molecule has 2 N–H and O–H groups in total. The van der Waals surface area contributed by atoms with Crippen LogP contribution in [0.2, 0.25) is 0 Å². The summed E-state index contributed by atoms with van der Waals surface area (Å²) in [5.74, 6) is 1.39. The van der Waals surface area contributed by atoms with Crippen LogP contribution in [0.15, 0.2) is 48.5 Å². The molecule has 0 saturated carbocycles. The third-order valence-electron chi connectivity index (χ3n) is 5.93. The fourth-order valence-corrected chi connectivity index (χ4v) is 5.17. The van der Waals surface area contributed by atoms with Crippen LogP contribution in [0.25, 0.3) is 0 Å². The first-order chi connectivity index (χ1) is 15.8. The zero-order valence-corrected chi connectivity index (χ0v) is 21.0. The molecule has 33 heavy (non-hydrogen) atoms. The quantitative estimate of drug-likeness (QED) is 0.557. The first-order valence-electron chi connectivity index (χ1n) is 11.5. The summed E-state index contributed by atoms with van der Waals surface area (Å²) in [6.45, 7) is 10.4. The predicted molar refractivity (Wildman–Crippen MR) is 133 cm³/mol. The van der Waals surface area contributed by atoms with Crippen LogP contribution in [-0.2, 0) is 28.9 Å². The molecule has 0 aromatic heterocycles. The number of carbonyl (C=O) groups is 1. The van der Waals surface area contributed by atoms with E-state index in [2.05, 4.69) is 42.6 Å². The van der Waals surface area contributed by atoms with Gasteiger partial charge in [-0.05, 0) is 76.6 Å². The van der Waals surface area contributed by atoms with Gasteiger partial charge in [0.15, 0.2) is 11.2 Å². The lowest BCUT2D eigenvalue weighted by atomic mass is 9.95. The van der Waals surface area contributed by atoms with Crippen molar-refractivity contribution in [2.24, 2.45) is 0 Å². The van der Waals surface area contributed by atoms with Gasteiger partial charge in [0, 0.05) is 31.7 Å². The smallest absolute Gasteiger partial charge is 0.238 e. The van der Waals surface area contributed by atoms with E-state index in [1.165, 1.54) is 0 Å². The number of nitrogens with one attached hydrogen (secondary N) is 2. The van der Waals surface area contributed by atoms with Crippen molar-refractivity contribution in [3.63, 3.8) is 0 Å². The molecule has 2 aromatic rings. The molecule has 0 fully saturated rings. The van der Waals surface area contributed by atoms with E-state index in [1.54, 1.807) is 11.4 Å². The van der Waals surface area contributed by atoms with Crippen molar-refractivity contribution in [1.82, 2.24) is 19.2 Å². The Morgan fingerprint density at radius 2 is 1.79 bits per heavy atom. The van der Waals surface area contributed by atoms with Crippen LogP contribution in [-0.4, -0.2) is 57.6 Å². The molecular weight excluding hydrogens is 436 g/mol. The van der Waals surface area contributed by atoms with E-state index < -0.39 is 17.2 Å². The van der Waals surface area contributed by atoms with Crippen molar-refractivity contribution in [2.45, 2.75) is 58.8 Å². The molecule has 8 heteroatoms. The van der Waals surface area contributed by atoms with Crippen LogP contribution in [0.3, 0.4) is 0 Å². The van der Waals surface area contributed by atoms with Gasteiger partial charge in [-0.25, -0.2) is 8.93 Å². The number of nitrogens with zero attached hydrogens (tertiary/aromatic N) is 2. The van der Waals surface area contributed by atoms with Gasteiger partial charge in [-0.1, -0.05) is 24.3 Å². The van der Waals surface area contributed by atoms with Crippen molar-refractivity contribution in [3.8, 4) is 11.5 Å². The number of amides is 1. The Balaban J connectivity index is 1.73. The Hall–Kier alpha value is -2.26. The van der Waals surface area contributed by atoms with Crippen LogP contribution in [0.5, 0.6) is 11.5 Å². The van der Waals surface area contributed by atoms with Gasteiger partial charge in [0.2, 0.25) is 5.91 Å². The van der Waals surface area contributed by atoms with E-state index in [9.17, 15) is 9.00 Å². The maximum atomic E-state index is 13.2. The molecule has 3 rings (SSSR count). The molecule has 1 heterocycles. The monoisotopic (exact) mass is 472 g/mol. The number of hydrogen-bond acceptors (Lipinski definition) is 4. The minimum Gasteiger partial charge on any atom is -0.457 e. The zero-order valence-electron chi connectivity index (χ0n) is 20.2. The predicted octanol–water partition coefficient (Wildman–Crippen LogP) is 3.24. The van der Waals surface area contributed by atoms with Crippen LogP contribution >= 0.6 is 0 Å². The maximum absolute atomic E-state index is 13.2. The Labute approximate surface area is 200 Å². The zero-order chi connectivity index (χ0) is 24.0. The SMILES string of the molecule is CNS(=O)N1Cc2ccc(Oc3ccccc3)cc2CC1C(=O)NCCN(C(C)C)C(C)C. The van der Waals surface area contributed by atoms with E-state index in [-0.39, 0.29) is 5.91 Å². The normalized spacial score (nSPS) is 17.3. The molecule has 0 radical (unpaired) electrons. The summed E-state index contributed by atoms with van der Waals surface area (Å²) in [7, 11) is 1.64. The summed E-state index contributed by atoms with van der Waals surface area (Å²) in [5.41, 5.74) is 2.09. The molecule has 2 aromatic carbocycles. The topological polar surface area (TPSA) is 73.9 Å². The highest BCUT2D eigenvalue weighted by molar-refractivity contribution is 7.80. The van der Waals surface area contributed by atoms with Crippen LogP contribution in [0.4, 0.5) is 0 Å². The summed E-state index contributed by atoms with van der Waals surface area (Å²) in [6, 6.07) is 15.8. The number of para-hydroxylation sites is 1. The lowest BCUT2D eigenvalue weighted by Crippen LogP contribution is -2.53. The number of rotatable bonds is 10. The van der Waals surface area contributed by atoms with Crippen LogP contribution < -0.4 is 14.8 Å². The molecular formula is C25H36N4O3S. The second kappa shape index (κ2) is 11.7. The van der Waals surface area contributed by atoms with E-state index in [1.807, 2.05) is 48.5 Å². The summed E-state index contributed by atoms with van der Waals surface area (Å²) in [6.07, 6.45) is 0.471. The molecule has 0 saturated heterocycles. The number of carbonyl (C=O) groups excluding carboxylic acids is 1. The summed E-state index contributed by atoms with van der Waals surface area (Å²) >= 11 is -1.46. The number of ether oxygens (including phenoxy) is 1. The average Bonchev–Trinajstić information content (AvgIpc) is 2.80. The van der Waals surface area contributed by atoms with Gasteiger partial charge >= 0.3 is 0 Å². The standard InChI is InChI=1S/C25H36N4O3S/c1-18(2)28(19(3)4)14-13-27-25(30)24-16-21-15-23(32-22-9-7-6-8-10-22)12-11-20(21)17-29(24)33(31)26-5/h6-12,15,18-19,24,26H,13-14,16-17H2,1-5H3,(H,27,30). The summed E-state index contributed by atoms with van der Waals surface area (Å²) in [5, 5.41) is 3.07. The third kappa shape index (κ3) is 6.63. The molecule has 1 aliphatic rings. The first-order valence-corrected chi connectivity index (χ1v) is 12.6. The van der Waals surface area contributed by atoms with Gasteiger partial charge in [0.05, 0.1) is 0 Å². The van der Waals surface area contributed by atoms with Crippen molar-refractivity contribution in [1.29, 1.82) is 0 Å². The number of hydrogen-bond donors (Lipinski definition) is 2. The second-order valence-electron chi connectivity index (χ2n) is 8.81. The Morgan fingerprint density at radius 1 is 1.09 bits per heavy atom. The Bertz CT molecular complexity index is 944. The van der Waals surface area contributed by atoms with Gasteiger partial charge in [0.1, 0.15) is 17.5 Å². The van der Waals surface area contributed by atoms with Gasteiger partial charge in [-0.15, -0.1) is 0 Å². The number of benzene rings is 2. The van der Waals surface area contributed by atoms with E-state index in [0.29, 0.717) is 31.6 Å². The fraction of sp³-hybridized carbons (Fsp3) is 0.480. The average molecular weight is 473 g/mol. The van der Waals surface area contributed by atoms with E-state index >= 15 is 0 Å². The van der Waals surface area contributed by atoms with Gasteiger partial charge in [0.25, 0.3) is 0 Å². The van der Waals surface area contributed by atoms with Crippen molar-refractivity contribution < 1.29 is 13.7 Å². The van der Waals surface area contributed by atoms with Gasteiger partial charge < -0.3 is 10.1 Å². The largest absolute Gasteiger partial charge is 0.457 e. The van der Waals surface area contributed by atoms with E-state index in [4.69, 9.17) is 4.74 Å². The lowest BCUT2D eigenvalue weighted by Gasteiger charge is -2.35. The molecule has 180 valence electrons. The highest BCUT2D eigenvalue weighted by atomic mass is 32.2. The van der Waals surface area contributed by atoms with Crippen molar-refractivity contribution in [3.05, 3.63) is 59.7 Å².